The number of carbonyl (C=O) groups is 1. The van der Waals surface area contributed by atoms with E-state index in [2.05, 4.69) is 9.55 Å². The number of benzene rings is 2. The van der Waals surface area contributed by atoms with Gasteiger partial charge in [-0.1, -0.05) is 48.5 Å². The van der Waals surface area contributed by atoms with Crippen LogP contribution in [0.15, 0.2) is 90.0 Å². The van der Waals surface area contributed by atoms with Crippen LogP contribution >= 0.6 is 0 Å². The lowest BCUT2D eigenvalue weighted by Crippen LogP contribution is -2.41. The lowest BCUT2D eigenvalue weighted by molar-refractivity contribution is 0.0708. The van der Waals surface area contributed by atoms with E-state index in [0.717, 1.165) is 34.1 Å². The monoisotopic (exact) mass is 491 g/mol. The van der Waals surface area contributed by atoms with Crippen LogP contribution in [0, 0.1) is 0 Å². The highest BCUT2D eigenvalue weighted by molar-refractivity contribution is 5.94. The molecule has 4 heterocycles. The summed E-state index contributed by atoms with van der Waals surface area (Å²) < 4.78 is 8.90. The minimum absolute atomic E-state index is 0.0661. The van der Waals surface area contributed by atoms with Gasteiger partial charge in [0.25, 0.3) is 11.5 Å². The van der Waals surface area contributed by atoms with Crippen molar-refractivity contribution in [3.05, 3.63) is 118 Å². The molecular formula is C29H25N5O3. The van der Waals surface area contributed by atoms with Crippen molar-refractivity contribution in [2.24, 2.45) is 0 Å². The zero-order chi connectivity index (χ0) is 25.4. The SMILES string of the molecule is COc1ccc(Cc2nc(-c3ccccc3)c3n2CCN(C(=O)c2cnc4ccccn4c2=O)C3)cc1. The first-order valence-electron chi connectivity index (χ1n) is 12.1. The van der Waals surface area contributed by atoms with E-state index in [9.17, 15) is 9.59 Å². The predicted octanol–water partition coefficient (Wildman–Crippen LogP) is 3.81. The molecule has 1 aliphatic rings. The van der Waals surface area contributed by atoms with Crippen LogP contribution in [-0.4, -0.2) is 43.4 Å². The average Bonchev–Trinajstić information content (AvgIpc) is 3.31. The minimum atomic E-state index is -0.363. The van der Waals surface area contributed by atoms with Crippen LogP contribution in [0.5, 0.6) is 5.75 Å². The van der Waals surface area contributed by atoms with Crippen LogP contribution < -0.4 is 10.3 Å². The molecule has 5 aromatic rings. The van der Waals surface area contributed by atoms with Gasteiger partial charge in [0.05, 0.1) is 25.0 Å². The number of amides is 1. The number of imidazole rings is 1. The fourth-order valence-corrected chi connectivity index (χ4v) is 4.85. The van der Waals surface area contributed by atoms with Crippen molar-refractivity contribution in [3.63, 3.8) is 0 Å². The summed E-state index contributed by atoms with van der Waals surface area (Å²) in [7, 11) is 1.65. The molecule has 0 unspecified atom stereocenters. The van der Waals surface area contributed by atoms with Crippen molar-refractivity contribution in [3.8, 4) is 17.0 Å². The molecule has 0 bridgehead atoms. The smallest absolute Gasteiger partial charge is 0.270 e. The van der Waals surface area contributed by atoms with Crippen molar-refractivity contribution in [2.75, 3.05) is 13.7 Å². The van der Waals surface area contributed by atoms with Gasteiger partial charge in [-0.2, -0.15) is 0 Å². The molecule has 6 rings (SSSR count). The summed E-state index contributed by atoms with van der Waals surface area (Å²) in [6, 6.07) is 23.3. The summed E-state index contributed by atoms with van der Waals surface area (Å²) in [5.74, 6) is 1.43. The highest BCUT2D eigenvalue weighted by Gasteiger charge is 2.29. The molecule has 1 aliphatic heterocycles. The number of fused-ring (bicyclic) bond motifs is 2. The number of nitrogens with zero attached hydrogens (tertiary/aromatic N) is 5. The Labute approximate surface area is 213 Å². The first kappa shape index (κ1) is 22.7. The third-order valence-electron chi connectivity index (χ3n) is 6.79. The van der Waals surface area contributed by atoms with E-state index >= 15 is 0 Å². The van der Waals surface area contributed by atoms with Gasteiger partial charge in [0.2, 0.25) is 0 Å². The Hall–Kier alpha value is -4.72. The molecular weight excluding hydrogens is 466 g/mol. The van der Waals surface area contributed by atoms with Crippen LogP contribution in [0.3, 0.4) is 0 Å². The quantitative estimate of drug-likeness (QED) is 0.373. The molecule has 37 heavy (non-hydrogen) atoms. The number of methoxy groups -OCH3 is 1. The molecule has 1 amide bonds. The van der Waals surface area contributed by atoms with E-state index in [1.807, 2.05) is 60.7 Å². The van der Waals surface area contributed by atoms with Crippen LogP contribution in [0.2, 0.25) is 0 Å². The first-order valence-corrected chi connectivity index (χ1v) is 12.1. The van der Waals surface area contributed by atoms with Gasteiger partial charge >= 0.3 is 0 Å². The third kappa shape index (κ3) is 4.16. The molecule has 0 saturated heterocycles. The van der Waals surface area contributed by atoms with Crippen LogP contribution in [0.25, 0.3) is 16.9 Å². The largest absolute Gasteiger partial charge is 0.497 e. The zero-order valence-electron chi connectivity index (χ0n) is 20.4. The summed E-state index contributed by atoms with van der Waals surface area (Å²) in [5.41, 5.74) is 4.15. The molecule has 0 fully saturated rings. The van der Waals surface area contributed by atoms with E-state index in [-0.39, 0.29) is 17.0 Å². The maximum Gasteiger partial charge on any atom is 0.270 e. The molecule has 8 nitrogen and oxygen atoms in total. The Morgan fingerprint density at radius 2 is 1.76 bits per heavy atom. The van der Waals surface area contributed by atoms with Crippen LogP contribution in [0.1, 0.15) is 27.4 Å². The topological polar surface area (TPSA) is 81.7 Å². The van der Waals surface area contributed by atoms with Crippen LogP contribution in [0.4, 0.5) is 0 Å². The average molecular weight is 492 g/mol. The molecule has 0 radical (unpaired) electrons. The summed E-state index contributed by atoms with van der Waals surface area (Å²) >= 11 is 0. The maximum atomic E-state index is 13.5. The fourth-order valence-electron chi connectivity index (χ4n) is 4.85. The van der Waals surface area contributed by atoms with Gasteiger partial charge in [-0.25, -0.2) is 9.97 Å². The Bertz CT molecular complexity index is 1660. The second-order valence-corrected chi connectivity index (χ2v) is 9.00. The standard InChI is InChI=1S/C29H25N5O3/c1-37-22-12-10-20(11-13-22)17-26-31-27(21-7-3-2-4-8-21)24-19-32(15-16-33(24)26)28(35)23-18-30-25-9-5-6-14-34(25)29(23)36/h2-14,18H,15-17,19H2,1H3. The van der Waals surface area contributed by atoms with Gasteiger partial charge < -0.3 is 14.2 Å². The first-order chi connectivity index (χ1) is 18.1. The molecule has 0 aliphatic carbocycles. The third-order valence-corrected chi connectivity index (χ3v) is 6.79. The molecule has 0 saturated carbocycles. The lowest BCUT2D eigenvalue weighted by atomic mass is 10.1. The van der Waals surface area contributed by atoms with Crippen molar-refractivity contribution < 1.29 is 9.53 Å². The molecule has 8 heteroatoms. The highest BCUT2D eigenvalue weighted by Crippen LogP contribution is 2.29. The normalized spacial score (nSPS) is 12.9. The van der Waals surface area contributed by atoms with E-state index < -0.39 is 0 Å². The number of hydrogen-bond donors (Lipinski definition) is 0. The number of pyridine rings is 1. The van der Waals surface area contributed by atoms with Crippen molar-refractivity contribution >= 4 is 11.6 Å². The number of aromatic nitrogens is 4. The highest BCUT2D eigenvalue weighted by atomic mass is 16.5. The second kappa shape index (κ2) is 9.39. The number of rotatable bonds is 5. The van der Waals surface area contributed by atoms with Crippen LogP contribution in [-0.2, 0) is 19.5 Å². The number of hydrogen-bond acceptors (Lipinski definition) is 5. The molecule has 0 atom stereocenters. The van der Waals surface area contributed by atoms with Crippen molar-refractivity contribution in [1.82, 2.24) is 23.8 Å². The van der Waals surface area contributed by atoms with Gasteiger partial charge in [-0.15, -0.1) is 0 Å². The van der Waals surface area contributed by atoms with Crippen molar-refractivity contribution in [2.45, 2.75) is 19.5 Å². The number of carbonyl (C=O) groups excluding carboxylic acids is 1. The molecule has 0 N–H and O–H groups in total. The van der Waals surface area contributed by atoms with Gasteiger partial charge in [-0.05, 0) is 29.8 Å². The van der Waals surface area contributed by atoms with Gasteiger partial charge in [0.1, 0.15) is 22.8 Å². The Kier molecular flexibility index (Phi) is 5.76. The second-order valence-electron chi connectivity index (χ2n) is 9.00. The molecule has 2 aromatic carbocycles. The Balaban J connectivity index is 1.36. The van der Waals surface area contributed by atoms with Gasteiger partial charge in [-0.3, -0.25) is 14.0 Å². The minimum Gasteiger partial charge on any atom is -0.497 e. The number of ether oxygens (including phenoxy) is 1. The van der Waals surface area contributed by atoms with E-state index in [1.54, 1.807) is 30.3 Å². The summed E-state index contributed by atoms with van der Waals surface area (Å²) in [6.07, 6.45) is 3.68. The molecule has 3 aromatic heterocycles. The predicted molar refractivity (Wildman–Crippen MR) is 140 cm³/mol. The summed E-state index contributed by atoms with van der Waals surface area (Å²) in [4.78, 5) is 37.6. The fraction of sp³-hybridized carbons (Fsp3) is 0.172. The van der Waals surface area contributed by atoms with E-state index in [1.165, 1.54) is 10.6 Å². The summed E-state index contributed by atoms with van der Waals surface area (Å²) in [6.45, 7) is 1.42. The molecule has 0 spiro atoms. The lowest BCUT2D eigenvalue weighted by Gasteiger charge is -2.29. The van der Waals surface area contributed by atoms with Gasteiger partial charge in [0, 0.05) is 37.5 Å². The zero-order valence-corrected chi connectivity index (χ0v) is 20.4. The van der Waals surface area contributed by atoms with Crippen molar-refractivity contribution in [1.29, 1.82) is 0 Å². The van der Waals surface area contributed by atoms with E-state index in [4.69, 9.17) is 9.72 Å². The van der Waals surface area contributed by atoms with Gasteiger partial charge in [0.15, 0.2) is 0 Å². The maximum absolute atomic E-state index is 13.5. The Morgan fingerprint density at radius 3 is 2.54 bits per heavy atom. The summed E-state index contributed by atoms with van der Waals surface area (Å²) in [5, 5.41) is 0. The molecule has 184 valence electrons. The van der Waals surface area contributed by atoms with E-state index in [0.29, 0.717) is 31.7 Å². The Morgan fingerprint density at radius 1 is 0.973 bits per heavy atom.